The Kier molecular flexibility index (Phi) is 5.42. The molecule has 0 spiro atoms. The van der Waals surface area contributed by atoms with Crippen LogP contribution in [0.1, 0.15) is 40.4 Å². The number of fused-ring (bicyclic) bond motifs is 3. The maximum absolute atomic E-state index is 13.6. The van der Waals surface area contributed by atoms with Crippen LogP contribution in [-0.4, -0.2) is 30.8 Å². The molecule has 192 valence electrons. The lowest BCUT2D eigenvalue weighted by atomic mass is 9.90. The molecule has 5 aromatic heterocycles. The first-order valence-electron chi connectivity index (χ1n) is 12.0. The Morgan fingerprint density at radius 3 is 2.74 bits per heavy atom. The summed E-state index contributed by atoms with van der Waals surface area (Å²) in [5.41, 5.74) is 2.29. The van der Waals surface area contributed by atoms with Gasteiger partial charge in [0.25, 0.3) is 11.1 Å². The summed E-state index contributed by atoms with van der Waals surface area (Å²) in [7, 11) is 1.62. The van der Waals surface area contributed by atoms with Crippen LogP contribution in [0.5, 0.6) is 0 Å². The average Bonchev–Trinajstić information content (AvgIpc) is 3.53. The summed E-state index contributed by atoms with van der Waals surface area (Å²) in [6.07, 6.45) is 7.32. The van der Waals surface area contributed by atoms with E-state index in [1.807, 2.05) is 0 Å². The summed E-state index contributed by atoms with van der Waals surface area (Å²) in [5.74, 6) is 1.11. The Morgan fingerprint density at radius 2 is 2.00 bits per heavy atom. The van der Waals surface area contributed by atoms with Crippen molar-refractivity contribution in [2.75, 3.05) is 5.32 Å². The average molecular weight is 529 g/mol. The van der Waals surface area contributed by atoms with Crippen LogP contribution in [0, 0.1) is 12.3 Å². The molecular weight excluding hydrogens is 504 g/mol. The van der Waals surface area contributed by atoms with E-state index in [1.165, 1.54) is 37.2 Å². The highest BCUT2D eigenvalue weighted by atomic mass is 32.1. The van der Waals surface area contributed by atoms with Gasteiger partial charge in [-0.2, -0.15) is 9.78 Å². The molecule has 0 amide bonds. The minimum absolute atomic E-state index is 0.133. The van der Waals surface area contributed by atoms with Crippen molar-refractivity contribution in [2.24, 2.45) is 12.5 Å². The number of carbonyl (C=O) groups excluding carboxylic acids is 1. The van der Waals surface area contributed by atoms with Crippen molar-refractivity contribution in [3.05, 3.63) is 79.3 Å². The molecule has 0 unspecified atom stereocenters. The quantitative estimate of drug-likeness (QED) is 0.337. The van der Waals surface area contributed by atoms with Gasteiger partial charge in [-0.15, -0.1) is 11.3 Å². The molecule has 0 saturated carbocycles. The van der Waals surface area contributed by atoms with E-state index in [9.17, 15) is 14.4 Å². The molecule has 0 fully saturated rings. The van der Waals surface area contributed by atoms with E-state index in [-0.39, 0.29) is 33.6 Å². The highest BCUT2D eigenvalue weighted by Crippen LogP contribution is 2.43. The maximum Gasteiger partial charge on any atom is 0.290 e. The molecule has 0 bridgehead atoms. The van der Waals surface area contributed by atoms with Crippen LogP contribution in [0.25, 0.3) is 27.0 Å². The molecule has 0 aliphatic heterocycles. The molecule has 1 aliphatic rings. The number of nitrogens with one attached hydrogen (secondary N) is 1. The Hall–Kier alpha value is -4.38. The second-order valence-electron chi connectivity index (χ2n) is 10.3. The fraction of sp³-hybridized carbons (Fsp3) is 0.259. The number of aldehydes is 1. The van der Waals surface area contributed by atoms with Crippen LogP contribution in [-0.2, 0) is 19.9 Å². The van der Waals surface area contributed by atoms with Gasteiger partial charge in [0.1, 0.15) is 16.1 Å². The number of thiophene rings is 1. The number of rotatable bonds is 5. The van der Waals surface area contributed by atoms with Crippen molar-refractivity contribution in [1.82, 2.24) is 24.5 Å². The summed E-state index contributed by atoms with van der Waals surface area (Å²) >= 11 is 1.50. The van der Waals surface area contributed by atoms with Crippen LogP contribution in [0.4, 0.5) is 11.5 Å². The van der Waals surface area contributed by atoms with Crippen LogP contribution in [0.3, 0.4) is 0 Å². The largest absolute Gasteiger partial charge is 0.360 e. The number of hydrogen-bond acceptors (Lipinski definition) is 9. The number of aryl methyl sites for hydroxylation is 2. The normalized spacial score (nSPS) is 14.1. The first kappa shape index (κ1) is 24.0. The van der Waals surface area contributed by atoms with Gasteiger partial charge in [0.05, 0.1) is 11.8 Å². The van der Waals surface area contributed by atoms with Gasteiger partial charge in [-0.05, 0) is 48.4 Å². The number of carbonyl (C=O) groups is 1. The third kappa shape index (κ3) is 3.86. The first-order chi connectivity index (χ1) is 18.1. The van der Waals surface area contributed by atoms with Gasteiger partial charge in [0.2, 0.25) is 0 Å². The van der Waals surface area contributed by atoms with E-state index in [0.29, 0.717) is 33.7 Å². The monoisotopic (exact) mass is 528 g/mol. The third-order valence-electron chi connectivity index (χ3n) is 6.79. The number of aromatic nitrogens is 5. The summed E-state index contributed by atoms with van der Waals surface area (Å²) in [6, 6.07) is 4.97. The molecule has 5 heterocycles. The van der Waals surface area contributed by atoms with Crippen LogP contribution < -0.4 is 16.4 Å². The molecule has 1 aliphatic carbocycles. The van der Waals surface area contributed by atoms with E-state index in [2.05, 4.69) is 34.4 Å². The molecule has 10 nitrogen and oxygen atoms in total. The standard InChI is InChI=1S/C27H24N6O4S/c1-14-7-22(31-37-14)30-20-8-15(12-32(4)25(20)35)16-5-6-28-24(19(16)13-34)33-26(36)23-18(11-29-33)17-9-27(2,3)10-21(17)38-23/h5-8,11-13H,9-10H2,1-4H3,(H,30,31). The predicted molar refractivity (Wildman–Crippen MR) is 145 cm³/mol. The first-order valence-corrected chi connectivity index (χ1v) is 12.9. The lowest BCUT2D eigenvalue weighted by Crippen LogP contribution is -2.23. The van der Waals surface area contributed by atoms with Crippen LogP contribution in [0.2, 0.25) is 0 Å². The fourth-order valence-corrected chi connectivity index (χ4v) is 6.53. The van der Waals surface area contributed by atoms with Crippen LogP contribution in [0.15, 0.2) is 50.9 Å². The van der Waals surface area contributed by atoms with Crippen molar-refractivity contribution in [1.29, 1.82) is 0 Å². The zero-order valence-electron chi connectivity index (χ0n) is 21.2. The molecule has 6 rings (SSSR count). The number of hydrogen-bond donors (Lipinski definition) is 1. The molecule has 38 heavy (non-hydrogen) atoms. The Bertz CT molecular complexity index is 1880. The minimum atomic E-state index is -0.309. The van der Waals surface area contributed by atoms with Crippen molar-refractivity contribution in [3.63, 3.8) is 0 Å². The molecule has 0 atom stereocenters. The van der Waals surface area contributed by atoms with Crippen molar-refractivity contribution in [2.45, 2.75) is 33.6 Å². The van der Waals surface area contributed by atoms with E-state index >= 15 is 0 Å². The smallest absolute Gasteiger partial charge is 0.290 e. The number of nitrogens with zero attached hydrogens (tertiary/aromatic N) is 5. The van der Waals surface area contributed by atoms with E-state index in [4.69, 9.17) is 4.52 Å². The highest BCUT2D eigenvalue weighted by molar-refractivity contribution is 7.19. The second kappa shape index (κ2) is 8.59. The van der Waals surface area contributed by atoms with Gasteiger partial charge in [-0.25, -0.2) is 4.98 Å². The highest BCUT2D eigenvalue weighted by Gasteiger charge is 2.32. The van der Waals surface area contributed by atoms with Gasteiger partial charge in [0, 0.05) is 41.3 Å². The molecule has 5 aromatic rings. The van der Waals surface area contributed by atoms with Crippen molar-refractivity contribution in [3.8, 4) is 16.9 Å². The number of anilines is 2. The van der Waals surface area contributed by atoms with Gasteiger partial charge >= 0.3 is 0 Å². The molecule has 0 radical (unpaired) electrons. The van der Waals surface area contributed by atoms with E-state index < -0.39 is 0 Å². The summed E-state index contributed by atoms with van der Waals surface area (Å²) < 4.78 is 8.29. The minimum Gasteiger partial charge on any atom is -0.360 e. The maximum atomic E-state index is 13.6. The molecule has 0 saturated heterocycles. The van der Waals surface area contributed by atoms with E-state index in [0.717, 1.165) is 18.2 Å². The zero-order valence-corrected chi connectivity index (χ0v) is 22.0. The van der Waals surface area contributed by atoms with Gasteiger partial charge < -0.3 is 14.4 Å². The molecule has 1 N–H and O–H groups in total. The Balaban J connectivity index is 1.47. The van der Waals surface area contributed by atoms with Gasteiger partial charge in [-0.1, -0.05) is 19.0 Å². The lowest BCUT2D eigenvalue weighted by molar-refractivity contribution is 0.112. The summed E-state index contributed by atoms with van der Waals surface area (Å²) in [6.45, 7) is 6.19. The third-order valence-corrected chi connectivity index (χ3v) is 8.02. The van der Waals surface area contributed by atoms with Crippen molar-refractivity contribution >= 4 is 39.2 Å². The summed E-state index contributed by atoms with van der Waals surface area (Å²) in [5, 5.41) is 12.2. The lowest BCUT2D eigenvalue weighted by Gasteiger charge is -2.16. The molecule has 0 aromatic carbocycles. The van der Waals surface area contributed by atoms with Gasteiger partial charge in [-0.3, -0.25) is 14.4 Å². The molecule has 11 heteroatoms. The predicted octanol–water partition coefficient (Wildman–Crippen LogP) is 4.19. The Morgan fingerprint density at radius 1 is 1.18 bits per heavy atom. The summed E-state index contributed by atoms with van der Waals surface area (Å²) in [4.78, 5) is 44.3. The fourth-order valence-electron chi connectivity index (χ4n) is 5.06. The zero-order chi connectivity index (χ0) is 26.8. The SMILES string of the molecule is Cc1cc(Nc2cc(-c3ccnc(-n4ncc5c6c(sc5c4=O)CC(C)(C)C6)c3C=O)cn(C)c2=O)no1. The van der Waals surface area contributed by atoms with E-state index in [1.54, 1.807) is 44.6 Å². The van der Waals surface area contributed by atoms with Gasteiger partial charge in [0.15, 0.2) is 17.9 Å². The topological polar surface area (TPSA) is 125 Å². The Labute approximate surface area is 220 Å². The number of pyridine rings is 2. The van der Waals surface area contributed by atoms with Crippen molar-refractivity contribution < 1.29 is 9.32 Å². The van der Waals surface area contributed by atoms with Crippen LogP contribution >= 0.6 is 11.3 Å². The second-order valence-corrected chi connectivity index (χ2v) is 11.5. The molecular formula is C27H24N6O4S.